The van der Waals surface area contributed by atoms with Crippen LogP contribution in [0.3, 0.4) is 0 Å². The highest BCUT2D eigenvalue weighted by atomic mass is 35.5. The van der Waals surface area contributed by atoms with E-state index in [-0.39, 0.29) is 0 Å². The van der Waals surface area contributed by atoms with Crippen molar-refractivity contribution in [2.24, 2.45) is 11.1 Å². The van der Waals surface area contributed by atoms with Gasteiger partial charge in [-0.25, -0.2) is 0 Å². The Labute approximate surface area is 94.2 Å². The Hall–Kier alpha value is -0.240. The zero-order valence-corrected chi connectivity index (χ0v) is 9.41. The zero-order valence-electron chi connectivity index (χ0n) is 7.89. The van der Waals surface area contributed by atoms with E-state index in [1.807, 2.05) is 12.1 Å². The van der Waals surface area contributed by atoms with E-state index < -0.39 is 0 Å². The van der Waals surface area contributed by atoms with E-state index in [9.17, 15) is 0 Å². The van der Waals surface area contributed by atoms with Crippen LogP contribution in [0.25, 0.3) is 0 Å². The molecule has 0 heterocycles. The third kappa shape index (κ3) is 2.22. The minimum absolute atomic E-state index is 0.341. The van der Waals surface area contributed by atoms with E-state index in [1.165, 1.54) is 18.4 Å². The Morgan fingerprint density at radius 2 is 1.71 bits per heavy atom. The van der Waals surface area contributed by atoms with E-state index >= 15 is 0 Å². The third-order valence-corrected chi connectivity index (χ3v) is 3.33. The van der Waals surface area contributed by atoms with Crippen molar-refractivity contribution in [2.45, 2.75) is 19.3 Å². The third-order valence-electron chi connectivity index (χ3n) is 2.89. The van der Waals surface area contributed by atoms with Crippen molar-refractivity contribution in [1.29, 1.82) is 0 Å². The second-order valence-corrected chi connectivity index (χ2v) is 5.03. The minimum atomic E-state index is 0.341. The van der Waals surface area contributed by atoms with Crippen LogP contribution in [0.5, 0.6) is 0 Å². The molecule has 0 atom stereocenters. The van der Waals surface area contributed by atoms with Crippen LogP contribution >= 0.6 is 23.2 Å². The molecule has 3 heteroatoms. The first-order chi connectivity index (χ1) is 6.63. The van der Waals surface area contributed by atoms with Crippen molar-refractivity contribution < 1.29 is 0 Å². The van der Waals surface area contributed by atoms with Gasteiger partial charge in [-0.15, -0.1) is 0 Å². The Morgan fingerprint density at radius 3 is 2.14 bits per heavy atom. The highest BCUT2D eigenvalue weighted by molar-refractivity contribution is 6.34. The Morgan fingerprint density at radius 1 is 1.14 bits per heavy atom. The van der Waals surface area contributed by atoms with Crippen molar-refractivity contribution in [3.8, 4) is 0 Å². The summed E-state index contributed by atoms with van der Waals surface area (Å²) in [5, 5.41) is 1.42. The number of rotatable bonds is 3. The molecule has 1 saturated carbocycles. The molecule has 1 fully saturated rings. The van der Waals surface area contributed by atoms with Crippen LogP contribution in [0, 0.1) is 5.41 Å². The molecule has 2 rings (SSSR count). The van der Waals surface area contributed by atoms with E-state index in [0.29, 0.717) is 15.5 Å². The molecule has 1 aliphatic rings. The topological polar surface area (TPSA) is 26.0 Å². The standard InChI is InChI=1S/C11H13Cl2N/c12-9-3-8(4-10(13)5-9)6-11(7-14)1-2-11/h3-5H,1-2,6-7,14H2. The Balaban J connectivity index is 2.16. The average molecular weight is 230 g/mol. The fourth-order valence-electron chi connectivity index (χ4n) is 1.78. The van der Waals surface area contributed by atoms with Gasteiger partial charge in [-0.05, 0) is 55.0 Å². The molecule has 76 valence electrons. The Bertz CT molecular complexity index is 325. The minimum Gasteiger partial charge on any atom is -0.330 e. The molecule has 1 aliphatic carbocycles. The van der Waals surface area contributed by atoms with Crippen LogP contribution in [0.15, 0.2) is 18.2 Å². The highest BCUT2D eigenvalue weighted by Crippen LogP contribution is 2.47. The SMILES string of the molecule is NCC1(Cc2cc(Cl)cc(Cl)c2)CC1. The summed E-state index contributed by atoms with van der Waals surface area (Å²) < 4.78 is 0. The number of benzene rings is 1. The van der Waals surface area contributed by atoms with Gasteiger partial charge in [0.05, 0.1) is 0 Å². The molecule has 0 bridgehead atoms. The van der Waals surface area contributed by atoms with Gasteiger partial charge in [-0.2, -0.15) is 0 Å². The van der Waals surface area contributed by atoms with E-state index in [0.717, 1.165) is 13.0 Å². The smallest absolute Gasteiger partial charge is 0.0423 e. The van der Waals surface area contributed by atoms with Gasteiger partial charge in [-0.1, -0.05) is 23.2 Å². The number of halogens is 2. The van der Waals surface area contributed by atoms with Gasteiger partial charge >= 0.3 is 0 Å². The largest absolute Gasteiger partial charge is 0.330 e. The molecular formula is C11H13Cl2N. The molecule has 0 aromatic heterocycles. The van der Waals surface area contributed by atoms with Crippen molar-refractivity contribution >= 4 is 23.2 Å². The maximum absolute atomic E-state index is 5.93. The second kappa shape index (κ2) is 3.73. The first-order valence-corrected chi connectivity index (χ1v) is 5.54. The lowest BCUT2D eigenvalue weighted by molar-refractivity contribution is 0.521. The van der Waals surface area contributed by atoms with Gasteiger partial charge in [0.15, 0.2) is 0 Å². The summed E-state index contributed by atoms with van der Waals surface area (Å²) in [6.07, 6.45) is 3.46. The summed E-state index contributed by atoms with van der Waals surface area (Å²) in [6.45, 7) is 0.761. The monoisotopic (exact) mass is 229 g/mol. The summed E-state index contributed by atoms with van der Waals surface area (Å²) in [5.41, 5.74) is 7.27. The molecule has 1 aromatic rings. The average Bonchev–Trinajstić information content (AvgIpc) is 2.83. The number of hydrogen-bond donors (Lipinski definition) is 1. The van der Waals surface area contributed by atoms with Crippen molar-refractivity contribution in [2.75, 3.05) is 6.54 Å². The van der Waals surface area contributed by atoms with Crippen molar-refractivity contribution in [3.05, 3.63) is 33.8 Å². The van der Waals surface area contributed by atoms with Crippen LogP contribution in [0.4, 0.5) is 0 Å². The fraction of sp³-hybridized carbons (Fsp3) is 0.455. The lowest BCUT2D eigenvalue weighted by atomic mass is 9.97. The molecule has 14 heavy (non-hydrogen) atoms. The second-order valence-electron chi connectivity index (χ2n) is 4.16. The molecular weight excluding hydrogens is 217 g/mol. The van der Waals surface area contributed by atoms with Crippen LogP contribution in [0.2, 0.25) is 10.0 Å². The normalized spacial score (nSPS) is 18.2. The van der Waals surface area contributed by atoms with E-state index in [1.54, 1.807) is 6.07 Å². The van der Waals surface area contributed by atoms with Crippen LogP contribution in [-0.2, 0) is 6.42 Å². The zero-order chi connectivity index (χ0) is 10.2. The summed E-state index contributed by atoms with van der Waals surface area (Å²) >= 11 is 11.9. The molecule has 1 aromatic carbocycles. The van der Waals surface area contributed by atoms with E-state index in [4.69, 9.17) is 28.9 Å². The predicted octanol–water partition coefficient (Wildman–Crippen LogP) is 3.27. The predicted molar refractivity (Wildman–Crippen MR) is 60.9 cm³/mol. The maximum atomic E-state index is 5.93. The van der Waals surface area contributed by atoms with Gasteiger partial charge in [0.25, 0.3) is 0 Å². The highest BCUT2D eigenvalue weighted by Gasteiger charge is 2.40. The molecule has 1 nitrogen and oxygen atoms in total. The molecule has 0 radical (unpaired) electrons. The lowest BCUT2D eigenvalue weighted by Gasteiger charge is -2.12. The maximum Gasteiger partial charge on any atom is 0.0423 e. The Kier molecular flexibility index (Phi) is 2.74. The summed E-state index contributed by atoms with van der Waals surface area (Å²) in [4.78, 5) is 0. The van der Waals surface area contributed by atoms with Crippen molar-refractivity contribution in [3.63, 3.8) is 0 Å². The van der Waals surface area contributed by atoms with Gasteiger partial charge in [0.1, 0.15) is 0 Å². The molecule has 0 saturated heterocycles. The fourth-order valence-corrected chi connectivity index (χ4v) is 2.35. The van der Waals surface area contributed by atoms with Gasteiger partial charge in [0.2, 0.25) is 0 Å². The first kappa shape index (κ1) is 10.3. The number of nitrogens with two attached hydrogens (primary N) is 1. The van der Waals surface area contributed by atoms with Crippen LogP contribution < -0.4 is 5.73 Å². The van der Waals surface area contributed by atoms with Gasteiger partial charge in [-0.3, -0.25) is 0 Å². The molecule has 0 aliphatic heterocycles. The molecule has 0 spiro atoms. The van der Waals surface area contributed by atoms with Crippen LogP contribution in [-0.4, -0.2) is 6.54 Å². The van der Waals surface area contributed by atoms with E-state index in [2.05, 4.69) is 0 Å². The summed E-state index contributed by atoms with van der Waals surface area (Å²) in [5.74, 6) is 0. The van der Waals surface area contributed by atoms with Crippen LogP contribution in [0.1, 0.15) is 18.4 Å². The summed E-state index contributed by atoms with van der Waals surface area (Å²) in [6, 6.07) is 5.71. The lowest BCUT2D eigenvalue weighted by Crippen LogP contribution is -2.17. The van der Waals surface area contributed by atoms with Gasteiger partial charge in [0, 0.05) is 10.0 Å². The quantitative estimate of drug-likeness (QED) is 0.847. The molecule has 0 amide bonds. The molecule has 2 N–H and O–H groups in total. The molecule has 0 unspecified atom stereocenters. The first-order valence-electron chi connectivity index (χ1n) is 4.79. The van der Waals surface area contributed by atoms with Gasteiger partial charge < -0.3 is 5.73 Å². The summed E-state index contributed by atoms with van der Waals surface area (Å²) in [7, 11) is 0. The number of hydrogen-bond acceptors (Lipinski definition) is 1. The van der Waals surface area contributed by atoms with Crippen molar-refractivity contribution in [1.82, 2.24) is 0 Å².